The molecule has 8 heteroatoms. The molecule has 0 aromatic rings. The van der Waals surface area contributed by atoms with Crippen molar-refractivity contribution < 1.29 is 18.3 Å². The van der Waals surface area contributed by atoms with Gasteiger partial charge in [-0.3, -0.25) is 4.79 Å². The predicted octanol–water partition coefficient (Wildman–Crippen LogP) is 0.903. The van der Waals surface area contributed by atoms with Gasteiger partial charge in [0, 0.05) is 13.1 Å². The zero-order chi connectivity index (χ0) is 14.3. The maximum Gasteiger partial charge on any atom is 0.322 e. The molecule has 0 bridgehead atoms. The molecule has 112 valence electrons. The minimum Gasteiger partial charge on any atom is -0.480 e. The van der Waals surface area contributed by atoms with E-state index in [2.05, 4.69) is 11.6 Å². The van der Waals surface area contributed by atoms with Gasteiger partial charge < -0.3 is 5.11 Å². The number of nitrogens with zero attached hydrogens (tertiary/aromatic N) is 1. The van der Waals surface area contributed by atoms with E-state index >= 15 is 0 Å². The van der Waals surface area contributed by atoms with Crippen LogP contribution in [0.5, 0.6) is 0 Å². The third-order valence-electron chi connectivity index (χ3n) is 3.00. The molecule has 2 N–H and O–H groups in total. The van der Waals surface area contributed by atoms with Crippen molar-refractivity contribution in [1.29, 1.82) is 0 Å². The van der Waals surface area contributed by atoms with Crippen LogP contribution in [0.1, 0.15) is 32.6 Å². The van der Waals surface area contributed by atoms with Crippen molar-refractivity contribution >= 4 is 27.9 Å². The highest BCUT2D eigenvalue weighted by Crippen LogP contribution is 2.19. The summed E-state index contributed by atoms with van der Waals surface area (Å²) in [5.41, 5.74) is 0. The van der Waals surface area contributed by atoms with Crippen LogP contribution in [0.15, 0.2) is 0 Å². The number of carboxylic acids is 1. The van der Waals surface area contributed by atoms with E-state index in [1.54, 1.807) is 11.8 Å². The van der Waals surface area contributed by atoms with E-state index in [9.17, 15) is 13.2 Å². The Morgan fingerprint density at radius 3 is 2.84 bits per heavy atom. The summed E-state index contributed by atoms with van der Waals surface area (Å²) < 4.78 is 27.7. The first-order valence-corrected chi connectivity index (χ1v) is 9.15. The topological polar surface area (TPSA) is 86.7 Å². The Hall–Kier alpha value is -0.310. The molecular weight excluding hydrogens is 288 g/mol. The highest BCUT2D eigenvalue weighted by Gasteiger charge is 2.36. The third kappa shape index (κ3) is 5.29. The molecule has 1 aliphatic rings. The van der Waals surface area contributed by atoms with Crippen LogP contribution in [0.4, 0.5) is 0 Å². The largest absolute Gasteiger partial charge is 0.480 e. The van der Waals surface area contributed by atoms with Gasteiger partial charge in [-0.15, -0.1) is 0 Å². The van der Waals surface area contributed by atoms with E-state index < -0.39 is 22.2 Å². The van der Waals surface area contributed by atoms with Crippen molar-refractivity contribution in [3.8, 4) is 0 Å². The number of aliphatic carboxylic acids is 1. The number of carboxylic acid groups (broad SMARTS) is 1. The first-order valence-electron chi connectivity index (χ1n) is 6.56. The molecule has 1 saturated heterocycles. The Morgan fingerprint density at radius 1 is 1.47 bits per heavy atom. The first-order chi connectivity index (χ1) is 8.99. The van der Waals surface area contributed by atoms with Crippen LogP contribution in [0.3, 0.4) is 0 Å². The quantitative estimate of drug-likeness (QED) is 0.651. The van der Waals surface area contributed by atoms with Crippen LogP contribution in [-0.4, -0.2) is 54.4 Å². The second kappa shape index (κ2) is 8.08. The average molecular weight is 310 g/mol. The van der Waals surface area contributed by atoms with Crippen molar-refractivity contribution in [2.75, 3.05) is 24.6 Å². The Labute approximate surface area is 119 Å². The molecule has 19 heavy (non-hydrogen) atoms. The Morgan fingerprint density at radius 2 is 2.21 bits per heavy atom. The van der Waals surface area contributed by atoms with E-state index in [0.29, 0.717) is 13.0 Å². The van der Waals surface area contributed by atoms with Crippen LogP contribution in [0.25, 0.3) is 0 Å². The van der Waals surface area contributed by atoms with E-state index in [-0.39, 0.29) is 6.54 Å². The zero-order valence-electron chi connectivity index (χ0n) is 11.2. The van der Waals surface area contributed by atoms with Crippen LogP contribution >= 0.6 is 11.8 Å². The van der Waals surface area contributed by atoms with Crippen LogP contribution in [0.2, 0.25) is 0 Å². The van der Waals surface area contributed by atoms with Gasteiger partial charge in [0.15, 0.2) is 0 Å². The van der Waals surface area contributed by atoms with Gasteiger partial charge in [-0.05, 0) is 37.2 Å². The van der Waals surface area contributed by atoms with E-state index in [4.69, 9.17) is 5.11 Å². The molecule has 0 aromatic heterocycles. The van der Waals surface area contributed by atoms with Gasteiger partial charge in [0.1, 0.15) is 6.04 Å². The fraction of sp³-hybridized carbons (Fsp3) is 0.909. The first kappa shape index (κ1) is 16.7. The molecule has 1 aliphatic heterocycles. The monoisotopic (exact) mass is 310 g/mol. The lowest BCUT2D eigenvalue weighted by atomic mass is 10.1. The molecule has 0 amide bonds. The van der Waals surface area contributed by atoms with E-state index in [1.165, 1.54) is 0 Å². The van der Waals surface area contributed by atoms with Gasteiger partial charge in [0.25, 0.3) is 10.2 Å². The molecule has 0 radical (unpaired) electrons. The Kier molecular flexibility index (Phi) is 7.12. The van der Waals surface area contributed by atoms with Gasteiger partial charge >= 0.3 is 5.97 Å². The highest BCUT2D eigenvalue weighted by molar-refractivity contribution is 7.99. The Bertz CT molecular complexity index is 386. The summed E-state index contributed by atoms with van der Waals surface area (Å²) in [7, 11) is -3.67. The molecule has 0 aromatic carbocycles. The van der Waals surface area contributed by atoms with Crippen molar-refractivity contribution in [3.63, 3.8) is 0 Å². The lowest BCUT2D eigenvalue weighted by Gasteiger charge is -2.31. The van der Waals surface area contributed by atoms with Crippen molar-refractivity contribution in [2.45, 2.75) is 38.6 Å². The molecule has 1 fully saturated rings. The fourth-order valence-corrected chi connectivity index (χ4v) is 4.15. The fourth-order valence-electron chi connectivity index (χ4n) is 2.04. The Balaban J connectivity index is 2.52. The summed E-state index contributed by atoms with van der Waals surface area (Å²) >= 11 is 1.76. The molecule has 1 heterocycles. The molecule has 0 aliphatic carbocycles. The van der Waals surface area contributed by atoms with Crippen molar-refractivity contribution in [2.24, 2.45) is 0 Å². The smallest absolute Gasteiger partial charge is 0.322 e. The SMILES string of the molecule is CCSCCCNS(=O)(=O)N1CCCCC1C(=O)O. The molecule has 1 rings (SSSR count). The standard InChI is InChI=1S/C11H22N2O4S2/c1-2-18-9-5-7-12-19(16,17)13-8-4-3-6-10(13)11(14)15/h10,12H,2-9H2,1H3,(H,14,15). The number of carbonyl (C=O) groups is 1. The number of piperidine rings is 1. The summed E-state index contributed by atoms with van der Waals surface area (Å²) in [4.78, 5) is 11.1. The molecule has 6 nitrogen and oxygen atoms in total. The predicted molar refractivity (Wildman–Crippen MR) is 76.5 cm³/mol. The molecule has 0 saturated carbocycles. The number of hydrogen-bond acceptors (Lipinski definition) is 4. The van der Waals surface area contributed by atoms with Gasteiger partial charge in [-0.25, -0.2) is 4.72 Å². The third-order valence-corrected chi connectivity index (χ3v) is 5.61. The van der Waals surface area contributed by atoms with Crippen LogP contribution in [-0.2, 0) is 15.0 Å². The number of thioether (sulfide) groups is 1. The summed E-state index contributed by atoms with van der Waals surface area (Å²) in [5, 5.41) is 9.08. The number of rotatable bonds is 8. The second-order valence-electron chi connectivity index (χ2n) is 4.41. The number of hydrogen-bond donors (Lipinski definition) is 2. The van der Waals surface area contributed by atoms with Crippen LogP contribution < -0.4 is 4.72 Å². The highest BCUT2D eigenvalue weighted by atomic mass is 32.2. The lowest BCUT2D eigenvalue weighted by molar-refractivity contribution is -0.142. The van der Waals surface area contributed by atoms with E-state index in [1.807, 2.05) is 0 Å². The van der Waals surface area contributed by atoms with E-state index in [0.717, 1.165) is 35.1 Å². The molecule has 1 atom stereocenters. The normalized spacial score (nSPS) is 21.4. The number of nitrogens with one attached hydrogen (secondary N) is 1. The molecule has 0 spiro atoms. The average Bonchev–Trinajstić information content (AvgIpc) is 2.38. The summed E-state index contributed by atoms with van der Waals surface area (Å²) in [5.74, 6) is 0.855. The zero-order valence-corrected chi connectivity index (χ0v) is 12.8. The van der Waals surface area contributed by atoms with Crippen molar-refractivity contribution in [3.05, 3.63) is 0 Å². The summed E-state index contributed by atoms with van der Waals surface area (Å²) in [6.45, 7) is 2.70. The van der Waals surface area contributed by atoms with Gasteiger partial charge in [-0.2, -0.15) is 24.5 Å². The minimum absolute atomic E-state index is 0.288. The maximum absolute atomic E-state index is 12.1. The minimum atomic E-state index is -3.67. The van der Waals surface area contributed by atoms with Crippen molar-refractivity contribution in [1.82, 2.24) is 9.03 Å². The maximum atomic E-state index is 12.1. The van der Waals surface area contributed by atoms with Crippen LogP contribution in [0, 0.1) is 0 Å². The lowest BCUT2D eigenvalue weighted by Crippen LogP contribution is -2.52. The van der Waals surface area contributed by atoms with Gasteiger partial charge in [-0.1, -0.05) is 6.92 Å². The van der Waals surface area contributed by atoms with Gasteiger partial charge in [0.2, 0.25) is 0 Å². The molecule has 1 unspecified atom stereocenters. The summed E-state index contributed by atoms with van der Waals surface area (Å²) in [6, 6.07) is -0.920. The van der Waals surface area contributed by atoms with Gasteiger partial charge in [0.05, 0.1) is 0 Å². The second-order valence-corrected chi connectivity index (χ2v) is 7.51. The molecular formula is C11H22N2O4S2. The summed E-state index contributed by atoms with van der Waals surface area (Å²) in [6.07, 6.45) is 2.62.